The number of phosphoric acid groups is 1. The van der Waals surface area contributed by atoms with E-state index >= 15 is 0 Å². The fourth-order valence-corrected chi connectivity index (χ4v) is 8.30. The minimum Gasteiger partial charge on any atom is -0.457 e. The Morgan fingerprint density at radius 1 is 0.431 bits per heavy atom. The minimum absolute atomic E-state index is 0.182. The first-order valence-corrected chi connectivity index (χ1v) is 28.1. The quantitative estimate of drug-likeness (QED) is 0.0233. The van der Waals surface area contributed by atoms with E-state index in [-0.39, 0.29) is 12.8 Å². The Morgan fingerprint density at radius 3 is 1.05 bits per heavy atom. The zero-order chi connectivity index (χ0) is 47.6. The van der Waals surface area contributed by atoms with Crippen LogP contribution in [0, 0.1) is 0 Å². The van der Waals surface area contributed by atoms with Gasteiger partial charge in [0.25, 0.3) is 0 Å². The van der Waals surface area contributed by atoms with E-state index in [0.29, 0.717) is 12.8 Å². The summed E-state index contributed by atoms with van der Waals surface area (Å²) in [6.07, 6.45) is 56.6. The zero-order valence-corrected chi connectivity index (χ0v) is 42.6. The lowest BCUT2D eigenvalue weighted by Gasteiger charge is -2.20. The Balaban J connectivity index is 3.82. The maximum Gasteiger partial charge on any atom is 0.472 e. The molecule has 0 radical (unpaired) electrons. The summed E-state index contributed by atoms with van der Waals surface area (Å²) in [7, 11) is -4.65. The van der Waals surface area contributed by atoms with Crippen LogP contribution in [0.4, 0.5) is 0 Å². The molecule has 0 rings (SSSR count). The van der Waals surface area contributed by atoms with Crippen molar-refractivity contribution in [1.82, 2.24) is 0 Å². The topological polar surface area (TPSA) is 149 Å². The number of ether oxygens (including phenoxy) is 2. The molecule has 0 saturated heterocycles. The molecule has 3 N–H and O–H groups in total. The molecule has 0 saturated carbocycles. The summed E-state index contributed by atoms with van der Waals surface area (Å²) in [6, 6.07) is 0. The van der Waals surface area contributed by atoms with E-state index in [2.05, 4.69) is 62.5 Å². The highest BCUT2D eigenvalue weighted by atomic mass is 31.2. The summed E-state index contributed by atoms with van der Waals surface area (Å²) in [5.41, 5.74) is 0. The normalized spacial score (nSPS) is 14.0. The summed E-state index contributed by atoms with van der Waals surface area (Å²) in [4.78, 5) is 34.7. The van der Waals surface area contributed by atoms with Crippen molar-refractivity contribution in [1.29, 1.82) is 0 Å². The van der Waals surface area contributed by atoms with Crippen molar-refractivity contribution in [2.45, 2.75) is 257 Å². The van der Waals surface area contributed by atoms with E-state index in [0.717, 1.165) is 70.6 Å². The lowest BCUT2D eigenvalue weighted by atomic mass is 10.0. The molecule has 3 unspecified atom stereocenters. The number of aliphatic hydroxyl groups is 2. The van der Waals surface area contributed by atoms with Gasteiger partial charge in [0.2, 0.25) is 0 Å². The second kappa shape index (κ2) is 49.8. The van der Waals surface area contributed by atoms with Gasteiger partial charge in [0.05, 0.1) is 26.4 Å². The number of allylic oxidation sites excluding steroid dienone is 8. The van der Waals surface area contributed by atoms with Crippen molar-refractivity contribution in [2.75, 3.05) is 26.4 Å². The molecule has 0 heterocycles. The number of phosphoric ester groups is 1. The molecule has 0 amide bonds. The maximum absolute atomic E-state index is 12.4. The second-order valence-corrected chi connectivity index (χ2v) is 19.3. The smallest absolute Gasteiger partial charge is 0.457 e. The molecule has 65 heavy (non-hydrogen) atoms. The average molecular weight is 939 g/mol. The number of esters is 2. The molecule has 11 heteroatoms. The predicted molar refractivity (Wildman–Crippen MR) is 270 cm³/mol. The number of hydrogen-bond acceptors (Lipinski definition) is 9. The van der Waals surface area contributed by atoms with Crippen LogP contribution in [-0.2, 0) is 32.7 Å². The van der Waals surface area contributed by atoms with Gasteiger partial charge >= 0.3 is 19.8 Å². The second-order valence-electron chi connectivity index (χ2n) is 17.8. The summed E-state index contributed by atoms with van der Waals surface area (Å²) in [5.74, 6) is -1.02. The van der Waals surface area contributed by atoms with Crippen LogP contribution < -0.4 is 0 Å². The molecule has 0 spiro atoms. The third kappa shape index (κ3) is 48.2. The van der Waals surface area contributed by atoms with Crippen molar-refractivity contribution >= 4 is 19.8 Å². The Morgan fingerprint density at radius 2 is 0.723 bits per heavy atom. The first-order chi connectivity index (χ1) is 31.8. The monoisotopic (exact) mass is 939 g/mol. The van der Waals surface area contributed by atoms with Gasteiger partial charge in [-0.2, -0.15) is 0 Å². The third-order valence-corrected chi connectivity index (χ3v) is 12.5. The van der Waals surface area contributed by atoms with Crippen LogP contribution in [0.2, 0.25) is 0 Å². The fourth-order valence-electron chi connectivity index (χ4n) is 7.52. The number of unbranched alkanes of at least 4 members (excludes halogenated alkanes) is 28. The molecule has 10 nitrogen and oxygen atoms in total. The Hall–Kier alpha value is -2.07. The highest BCUT2D eigenvalue weighted by molar-refractivity contribution is 7.47. The predicted octanol–water partition coefficient (Wildman–Crippen LogP) is 15.2. The number of hydrogen-bond donors (Lipinski definition) is 3. The molecule has 0 aliphatic rings. The van der Waals surface area contributed by atoms with E-state index in [1.165, 1.54) is 135 Å². The highest BCUT2D eigenvalue weighted by Gasteiger charge is 2.27. The maximum atomic E-state index is 12.4. The van der Waals surface area contributed by atoms with Crippen molar-refractivity contribution in [3.8, 4) is 0 Å². The van der Waals surface area contributed by atoms with Gasteiger partial charge in [-0.25, -0.2) is 4.57 Å². The molecule has 0 fully saturated rings. The van der Waals surface area contributed by atoms with Gasteiger partial charge in [-0.3, -0.25) is 18.6 Å². The fraction of sp³-hybridized carbons (Fsp3) is 0.815. The molecule has 0 aromatic heterocycles. The molecule has 0 aliphatic carbocycles. The molecule has 0 aromatic carbocycles. The summed E-state index contributed by atoms with van der Waals surface area (Å²) < 4.78 is 32.8. The molecular formula is C54H99O10P. The molecule has 0 bridgehead atoms. The molecule has 0 aliphatic heterocycles. The van der Waals surface area contributed by atoms with E-state index in [4.69, 9.17) is 18.5 Å². The van der Waals surface area contributed by atoms with Crippen LogP contribution in [0.3, 0.4) is 0 Å². The molecule has 0 aromatic rings. The van der Waals surface area contributed by atoms with Gasteiger partial charge in [-0.15, -0.1) is 0 Å². The van der Waals surface area contributed by atoms with Crippen molar-refractivity contribution < 1.29 is 47.8 Å². The minimum atomic E-state index is -4.65. The van der Waals surface area contributed by atoms with Gasteiger partial charge in [0, 0.05) is 12.8 Å². The summed E-state index contributed by atoms with van der Waals surface area (Å²) in [6.45, 7) is 2.13. The van der Waals surface area contributed by atoms with Crippen LogP contribution in [0.15, 0.2) is 48.6 Å². The van der Waals surface area contributed by atoms with Crippen LogP contribution in [0.25, 0.3) is 0 Å². The van der Waals surface area contributed by atoms with Gasteiger partial charge in [-0.1, -0.05) is 229 Å². The standard InChI is InChI=1S/C54H99O10P/c1-3-5-7-9-11-13-15-17-19-21-23-25-27-29-31-33-35-37-39-41-43-45-53(57)63-51(47-55)49-61-65(59,60)62-50-52(48-56)64-54(58)46-44-42-40-38-36-34-32-30-28-26-24-22-20-18-16-14-12-10-8-6-4-2/h5,7,11,13,17,19,23,25,51-52,55-56H,3-4,6,8-10,12,14-16,18,20-22,24,26-50H2,1-2H3,(H,59,60)/b7-5-,13-11-,19-17-,25-23-. The molecular weight excluding hydrogens is 840 g/mol. The van der Waals surface area contributed by atoms with Crippen LogP contribution in [-0.4, -0.2) is 65.7 Å². The first kappa shape index (κ1) is 62.9. The number of carbonyl (C=O) groups excluding carboxylic acids is 2. The van der Waals surface area contributed by atoms with Crippen LogP contribution in [0.1, 0.15) is 245 Å². The molecule has 380 valence electrons. The van der Waals surface area contributed by atoms with Crippen molar-refractivity contribution in [3.05, 3.63) is 48.6 Å². The number of carbonyl (C=O) groups is 2. The largest absolute Gasteiger partial charge is 0.472 e. The van der Waals surface area contributed by atoms with E-state index < -0.39 is 58.4 Å². The summed E-state index contributed by atoms with van der Waals surface area (Å²) >= 11 is 0. The van der Waals surface area contributed by atoms with Crippen molar-refractivity contribution in [3.63, 3.8) is 0 Å². The van der Waals surface area contributed by atoms with Crippen LogP contribution >= 0.6 is 7.82 Å². The van der Waals surface area contributed by atoms with E-state index in [1.54, 1.807) is 0 Å². The van der Waals surface area contributed by atoms with Crippen LogP contribution in [0.5, 0.6) is 0 Å². The number of aliphatic hydroxyl groups excluding tert-OH is 2. The Bertz CT molecular complexity index is 1220. The SMILES string of the molecule is CC/C=C\C/C=C\C/C=C\C/C=C\CCCCCCCCCCC(=O)OC(CO)COP(=O)(O)OCC(CO)OC(=O)CCCCCCCCCCCCCCCCCCCCCCC. The van der Waals surface area contributed by atoms with E-state index in [1.807, 2.05) is 0 Å². The van der Waals surface area contributed by atoms with E-state index in [9.17, 15) is 29.3 Å². The van der Waals surface area contributed by atoms with Gasteiger partial charge < -0.3 is 24.6 Å². The van der Waals surface area contributed by atoms with Crippen molar-refractivity contribution in [2.24, 2.45) is 0 Å². The summed E-state index contributed by atoms with van der Waals surface area (Å²) in [5, 5.41) is 19.3. The van der Waals surface area contributed by atoms with Gasteiger partial charge in [0.15, 0.2) is 0 Å². The Labute approximate surface area is 398 Å². The first-order valence-electron chi connectivity index (χ1n) is 26.6. The zero-order valence-electron chi connectivity index (χ0n) is 41.7. The van der Waals surface area contributed by atoms with Gasteiger partial charge in [-0.05, 0) is 51.4 Å². The lowest BCUT2D eigenvalue weighted by molar-refractivity contribution is -0.153. The lowest BCUT2D eigenvalue weighted by Crippen LogP contribution is -2.28. The molecule has 3 atom stereocenters. The third-order valence-electron chi connectivity index (χ3n) is 11.6. The van der Waals surface area contributed by atoms with Gasteiger partial charge in [0.1, 0.15) is 12.2 Å². The number of rotatable bonds is 50. The highest BCUT2D eigenvalue weighted by Crippen LogP contribution is 2.43. The Kier molecular flexibility index (Phi) is 48.2. The average Bonchev–Trinajstić information content (AvgIpc) is 3.30.